The molecule has 2 aromatic rings. The lowest BCUT2D eigenvalue weighted by atomic mass is 9.93. The molecule has 128 valence electrons. The lowest BCUT2D eigenvalue weighted by molar-refractivity contribution is 0.271. The molecule has 0 N–H and O–H groups in total. The van der Waals surface area contributed by atoms with Crippen molar-refractivity contribution in [2.24, 2.45) is 5.92 Å². The van der Waals surface area contributed by atoms with Gasteiger partial charge in [-0.15, -0.1) is 0 Å². The topological polar surface area (TPSA) is 43.4 Å². The second kappa shape index (κ2) is 6.30. The molecule has 0 radical (unpaired) electrons. The van der Waals surface area contributed by atoms with Gasteiger partial charge in [0.1, 0.15) is 5.82 Å². The molecule has 3 rings (SSSR count). The van der Waals surface area contributed by atoms with Crippen molar-refractivity contribution in [3.63, 3.8) is 0 Å². The number of benzene rings is 2. The predicted octanol–water partition coefficient (Wildman–Crippen LogP) is 4.21. The quantitative estimate of drug-likeness (QED) is 0.735. The predicted molar refractivity (Wildman–Crippen MR) is 90.8 cm³/mol. The Morgan fingerprint density at radius 2 is 1.92 bits per heavy atom. The molecule has 0 amide bonds. The highest BCUT2D eigenvalue weighted by atomic mass is 32.2. The summed E-state index contributed by atoms with van der Waals surface area (Å²) in [6.45, 7) is 4.00. The smallest absolute Gasteiger partial charge is 0.265 e. The van der Waals surface area contributed by atoms with Gasteiger partial charge in [-0.2, -0.15) is 8.42 Å². The first-order valence-corrected chi connectivity index (χ1v) is 9.50. The molecule has 0 aromatic heterocycles. The molecule has 24 heavy (non-hydrogen) atoms. The van der Waals surface area contributed by atoms with Crippen molar-refractivity contribution < 1.29 is 17.0 Å². The first kappa shape index (κ1) is 17.1. The van der Waals surface area contributed by atoms with Crippen LogP contribution >= 0.6 is 0 Å². The maximum absolute atomic E-state index is 13.6. The van der Waals surface area contributed by atoms with Crippen molar-refractivity contribution in [1.29, 1.82) is 0 Å². The van der Waals surface area contributed by atoms with Gasteiger partial charge in [-0.05, 0) is 49.1 Å². The minimum absolute atomic E-state index is 0.0468. The third-order valence-electron chi connectivity index (χ3n) is 4.91. The van der Waals surface area contributed by atoms with Gasteiger partial charge in [-0.1, -0.05) is 43.2 Å². The van der Waals surface area contributed by atoms with Gasteiger partial charge >= 0.3 is 0 Å². The Morgan fingerprint density at radius 1 is 1.21 bits per heavy atom. The van der Waals surface area contributed by atoms with Crippen LogP contribution in [0.4, 0.5) is 4.39 Å². The summed E-state index contributed by atoms with van der Waals surface area (Å²) in [5.41, 5.74) is 1.39. The first-order valence-electron chi connectivity index (χ1n) is 8.09. The van der Waals surface area contributed by atoms with Crippen LogP contribution in [0, 0.1) is 18.7 Å². The van der Waals surface area contributed by atoms with Gasteiger partial charge in [0.25, 0.3) is 10.1 Å². The molecule has 1 saturated carbocycles. The Hall–Kier alpha value is -1.72. The Morgan fingerprint density at radius 3 is 2.50 bits per heavy atom. The number of rotatable bonds is 6. The fourth-order valence-electron chi connectivity index (χ4n) is 3.28. The van der Waals surface area contributed by atoms with E-state index in [9.17, 15) is 12.8 Å². The molecular formula is C19H21FO3S. The molecule has 0 heterocycles. The van der Waals surface area contributed by atoms with Gasteiger partial charge in [-0.3, -0.25) is 4.18 Å². The lowest BCUT2D eigenvalue weighted by Gasteiger charge is -2.18. The summed E-state index contributed by atoms with van der Waals surface area (Å²) >= 11 is 0. The highest BCUT2D eigenvalue weighted by Gasteiger charge is 2.55. The van der Waals surface area contributed by atoms with Gasteiger partial charge in [0.15, 0.2) is 0 Å². The molecular weight excluding hydrogens is 327 g/mol. The molecule has 0 bridgehead atoms. The molecule has 1 aliphatic rings. The van der Waals surface area contributed by atoms with Crippen LogP contribution in [0.15, 0.2) is 53.4 Å². The van der Waals surface area contributed by atoms with Crippen LogP contribution in [0.1, 0.15) is 30.9 Å². The second-order valence-corrected chi connectivity index (χ2v) is 8.12. The molecule has 0 unspecified atom stereocenters. The number of hydrogen-bond acceptors (Lipinski definition) is 3. The Bertz CT molecular complexity index is 830. The van der Waals surface area contributed by atoms with Crippen molar-refractivity contribution in [1.82, 2.24) is 0 Å². The van der Waals surface area contributed by atoms with E-state index in [0.717, 1.165) is 24.0 Å². The van der Waals surface area contributed by atoms with Gasteiger partial charge < -0.3 is 0 Å². The van der Waals surface area contributed by atoms with Gasteiger partial charge in [0.2, 0.25) is 0 Å². The summed E-state index contributed by atoms with van der Waals surface area (Å²) in [5, 5.41) is 0. The van der Waals surface area contributed by atoms with E-state index in [2.05, 4.69) is 6.92 Å². The van der Waals surface area contributed by atoms with Crippen LogP contribution in [-0.4, -0.2) is 15.0 Å². The zero-order chi connectivity index (χ0) is 17.4. The maximum atomic E-state index is 13.6. The van der Waals surface area contributed by atoms with Crippen molar-refractivity contribution in [2.75, 3.05) is 6.61 Å². The van der Waals surface area contributed by atoms with Crippen LogP contribution in [0.5, 0.6) is 0 Å². The van der Waals surface area contributed by atoms with E-state index in [-0.39, 0.29) is 17.3 Å². The molecule has 0 spiro atoms. The van der Waals surface area contributed by atoms with Crippen molar-refractivity contribution >= 4 is 10.1 Å². The molecule has 0 aliphatic heterocycles. The molecule has 1 aliphatic carbocycles. The zero-order valence-corrected chi connectivity index (χ0v) is 14.6. The SMILES string of the molecule is CC[C@@H]1C[C@@]1(COS(=O)(=O)c1ccc(C)cc1)c1cccc(F)c1. The van der Waals surface area contributed by atoms with Gasteiger partial charge in [0, 0.05) is 5.41 Å². The summed E-state index contributed by atoms with van der Waals surface area (Å²) in [4.78, 5) is 0.149. The second-order valence-electron chi connectivity index (χ2n) is 6.51. The minimum atomic E-state index is -3.81. The summed E-state index contributed by atoms with van der Waals surface area (Å²) in [5.74, 6) is 0.00235. The van der Waals surface area contributed by atoms with Crippen LogP contribution in [-0.2, 0) is 19.7 Å². The monoisotopic (exact) mass is 348 g/mol. The lowest BCUT2D eigenvalue weighted by Crippen LogP contribution is -2.21. The van der Waals surface area contributed by atoms with E-state index in [1.165, 1.54) is 12.1 Å². The Kier molecular flexibility index (Phi) is 4.49. The molecule has 2 atom stereocenters. The largest absolute Gasteiger partial charge is 0.297 e. The molecule has 0 saturated heterocycles. The Balaban J connectivity index is 1.82. The molecule has 2 aromatic carbocycles. The van der Waals surface area contributed by atoms with E-state index in [1.807, 2.05) is 13.0 Å². The maximum Gasteiger partial charge on any atom is 0.297 e. The fourth-order valence-corrected chi connectivity index (χ4v) is 4.25. The summed E-state index contributed by atoms with van der Waals surface area (Å²) in [6, 6.07) is 13.0. The fraction of sp³-hybridized carbons (Fsp3) is 0.368. The third-order valence-corrected chi connectivity index (χ3v) is 6.18. The minimum Gasteiger partial charge on any atom is -0.265 e. The van der Waals surface area contributed by atoms with E-state index >= 15 is 0 Å². The average molecular weight is 348 g/mol. The molecule has 1 fully saturated rings. The first-order chi connectivity index (χ1) is 11.4. The van der Waals surface area contributed by atoms with Crippen molar-refractivity contribution in [2.45, 2.75) is 37.0 Å². The van der Waals surface area contributed by atoms with Crippen molar-refractivity contribution in [3.05, 3.63) is 65.5 Å². The Labute approximate surface area is 142 Å². The number of halogens is 1. The highest BCUT2D eigenvalue weighted by molar-refractivity contribution is 7.86. The van der Waals surface area contributed by atoms with Crippen LogP contribution in [0.25, 0.3) is 0 Å². The van der Waals surface area contributed by atoms with Crippen LogP contribution in [0.3, 0.4) is 0 Å². The van der Waals surface area contributed by atoms with E-state index < -0.39 is 15.5 Å². The van der Waals surface area contributed by atoms with E-state index in [1.54, 1.807) is 30.3 Å². The van der Waals surface area contributed by atoms with Crippen LogP contribution in [0.2, 0.25) is 0 Å². The summed E-state index contributed by atoms with van der Waals surface area (Å²) < 4.78 is 43.8. The normalized spacial score (nSPS) is 23.2. The standard InChI is InChI=1S/C19H21FO3S/c1-3-15-12-19(15,16-5-4-6-17(20)11-16)13-23-24(21,22)18-9-7-14(2)8-10-18/h4-11,15H,3,12-13H2,1-2H3/t15-,19+/m1/s1. The number of aryl methyl sites for hydroxylation is 1. The molecule has 3 nitrogen and oxygen atoms in total. The number of hydrogen-bond donors (Lipinski definition) is 0. The van der Waals surface area contributed by atoms with Gasteiger partial charge in [-0.25, -0.2) is 4.39 Å². The summed E-state index contributed by atoms with van der Waals surface area (Å²) in [7, 11) is -3.81. The van der Waals surface area contributed by atoms with E-state index in [4.69, 9.17) is 4.18 Å². The third kappa shape index (κ3) is 3.23. The van der Waals surface area contributed by atoms with Crippen molar-refractivity contribution in [3.8, 4) is 0 Å². The molecule has 5 heteroatoms. The van der Waals surface area contributed by atoms with Gasteiger partial charge in [0.05, 0.1) is 11.5 Å². The van der Waals surface area contributed by atoms with Crippen LogP contribution < -0.4 is 0 Å². The highest BCUT2D eigenvalue weighted by Crippen LogP contribution is 2.56. The summed E-state index contributed by atoms with van der Waals surface area (Å²) in [6.07, 6.45) is 1.72. The van der Waals surface area contributed by atoms with E-state index in [0.29, 0.717) is 5.92 Å². The average Bonchev–Trinajstić information content (AvgIpc) is 3.29. The zero-order valence-electron chi connectivity index (χ0n) is 13.8.